The largest absolute Gasteiger partial charge is 0.339 e. The van der Waals surface area contributed by atoms with Crippen molar-refractivity contribution in [2.45, 2.75) is 40.5 Å². The summed E-state index contributed by atoms with van der Waals surface area (Å²) in [7, 11) is 0. The number of aromatic nitrogens is 1. The molecule has 1 amide bonds. The van der Waals surface area contributed by atoms with Gasteiger partial charge in [-0.05, 0) is 31.9 Å². The van der Waals surface area contributed by atoms with Crippen molar-refractivity contribution in [3.63, 3.8) is 0 Å². The van der Waals surface area contributed by atoms with Crippen LogP contribution in [-0.2, 0) is 0 Å². The van der Waals surface area contributed by atoms with Crippen LogP contribution in [0.5, 0.6) is 0 Å². The summed E-state index contributed by atoms with van der Waals surface area (Å²) in [6, 6.07) is 3.50. The standard InChI is InChI=1S/C15H26N4O/c1-5-12(6-2)10-19(7-3)15(20)13-8-11(4)17-14(9-13)18-16/h8-9,12H,5-7,10,16H2,1-4H3,(H,17,18). The number of carbonyl (C=O) groups is 1. The minimum Gasteiger partial charge on any atom is -0.339 e. The number of aryl methyl sites for hydroxylation is 1. The van der Waals surface area contributed by atoms with E-state index in [9.17, 15) is 4.79 Å². The molecule has 3 N–H and O–H groups in total. The number of anilines is 1. The lowest BCUT2D eigenvalue weighted by molar-refractivity contribution is 0.0735. The molecular formula is C15H26N4O. The quantitative estimate of drug-likeness (QED) is 0.594. The number of nitrogens with one attached hydrogen (secondary N) is 1. The Morgan fingerprint density at radius 2 is 2.00 bits per heavy atom. The van der Waals surface area contributed by atoms with Gasteiger partial charge in [0.15, 0.2) is 0 Å². The molecule has 0 aliphatic carbocycles. The van der Waals surface area contributed by atoms with Crippen LogP contribution < -0.4 is 11.3 Å². The molecule has 0 spiro atoms. The van der Waals surface area contributed by atoms with Gasteiger partial charge in [0.1, 0.15) is 5.82 Å². The molecule has 1 aromatic rings. The maximum absolute atomic E-state index is 12.6. The first-order valence-corrected chi connectivity index (χ1v) is 7.30. The molecule has 0 bridgehead atoms. The second-order valence-corrected chi connectivity index (χ2v) is 5.05. The Morgan fingerprint density at radius 3 is 2.50 bits per heavy atom. The van der Waals surface area contributed by atoms with Crippen molar-refractivity contribution >= 4 is 11.7 Å². The minimum absolute atomic E-state index is 0.0430. The normalized spacial score (nSPS) is 10.7. The first kappa shape index (κ1) is 16.4. The zero-order chi connectivity index (χ0) is 15.1. The van der Waals surface area contributed by atoms with Crippen molar-refractivity contribution in [3.05, 3.63) is 23.4 Å². The highest BCUT2D eigenvalue weighted by Crippen LogP contribution is 2.15. The molecule has 1 rings (SSSR count). The molecule has 0 fully saturated rings. The van der Waals surface area contributed by atoms with Crippen molar-refractivity contribution in [3.8, 4) is 0 Å². The molecule has 5 heteroatoms. The number of amides is 1. The molecule has 0 aliphatic heterocycles. The van der Waals surface area contributed by atoms with E-state index in [-0.39, 0.29) is 5.91 Å². The van der Waals surface area contributed by atoms with Crippen molar-refractivity contribution < 1.29 is 4.79 Å². The second-order valence-electron chi connectivity index (χ2n) is 5.05. The number of rotatable bonds is 7. The molecule has 20 heavy (non-hydrogen) atoms. The lowest BCUT2D eigenvalue weighted by Gasteiger charge is -2.25. The Hall–Kier alpha value is -1.62. The highest BCUT2D eigenvalue weighted by molar-refractivity contribution is 5.95. The number of pyridine rings is 1. The molecule has 0 unspecified atom stereocenters. The van der Waals surface area contributed by atoms with Crippen LogP contribution in [-0.4, -0.2) is 28.9 Å². The van der Waals surface area contributed by atoms with Gasteiger partial charge >= 0.3 is 0 Å². The maximum atomic E-state index is 12.6. The number of carbonyl (C=O) groups excluding carboxylic acids is 1. The first-order valence-electron chi connectivity index (χ1n) is 7.30. The van der Waals surface area contributed by atoms with Gasteiger partial charge in [0.25, 0.3) is 5.91 Å². The molecule has 0 aromatic carbocycles. The van der Waals surface area contributed by atoms with E-state index in [0.717, 1.165) is 25.1 Å². The van der Waals surface area contributed by atoms with E-state index < -0.39 is 0 Å². The van der Waals surface area contributed by atoms with E-state index in [1.807, 2.05) is 18.7 Å². The molecule has 0 saturated carbocycles. The lowest BCUT2D eigenvalue weighted by Crippen LogP contribution is -2.35. The van der Waals surface area contributed by atoms with Crippen LogP contribution in [0.1, 0.15) is 49.7 Å². The van der Waals surface area contributed by atoms with E-state index in [2.05, 4.69) is 24.3 Å². The van der Waals surface area contributed by atoms with Crippen LogP contribution in [0.4, 0.5) is 5.82 Å². The summed E-state index contributed by atoms with van der Waals surface area (Å²) in [6.45, 7) is 9.71. The van der Waals surface area contributed by atoms with Crippen molar-refractivity contribution in [2.24, 2.45) is 11.8 Å². The van der Waals surface area contributed by atoms with Gasteiger partial charge in [-0.2, -0.15) is 0 Å². The Kier molecular flexibility index (Phi) is 6.45. The van der Waals surface area contributed by atoms with Crippen LogP contribution in [0.3, 0.4) is 0 Å². The lowest BCUT2D eigenvalue weighted by atomic mass is 10.0. The fraction of sp³-hybridized carbons (Fsp3) is 0.600. The highest BCUT2D eigenvalue weighted by Gasteiger charge is 2.18. The highest BCUT2D eigenvalue weighted by atomic mass is 16.2. The molecule has 0 radical (unpaired) electrons. The summed E-state index contributed by atoms with van der Waals surface area (Å²) in [5.74, 6) is 6.50. The number of nitrogens with zero attached hydrogens (tertiary/aromatic N) is 2. The first-order chi connectivity index (χ1) is 9.55. The topological polar surface area (TPSA) is 71.2 Å². The maximum Gasteiger partial charge on any atom is 0.254 e. The van der Waals surface area contributed by atoms with E-state index in [1.54, 1.807) is 12.1 Å². The summed E-state index contributed by atoms with van der Waals surface area (Å²) in [5.41, 5.74) is 3.92. The summed E-state index contributed by atoms with van der Waals surface area (Å²) in [4.78, 5) is 18.7. The van der Waals surface area contributed by atoms with Crippen molar-refractivity contribution in [2.75, 3.05) is 18.5 Å². The van der Waals surface area contributed by atoms with E-state index in [0.29, 0.717) is 23.8 Å². The van der Waals surface area contributed by atoms with Gasteiger partial charge in [-0.25, -0.2) is 10.8 Å². The van der Waals surface area contributed by atoms with Crippen molar-refractivity contribution in [1.29, 1.82) is 0 Å². The number of hydrogen-bond donors (Lipinski definition) is 2. The average Bonchev–Trinajstić information content (AvgIpc) is 2.47. The van der Waals surface area contributed by atoms with Crippen LogP contribution >= 0.6 is 0 Å². The monoisotopic (exact) mass is 278 g/mol. The summed E-state index contributed by atoms with van der Waals surface area (Å²) in [5, 5.41) is 0. The molecule has 0 atom stereocenters. The Balaban J connectivity index is 2.93. The third-order valence-corrected chi connectivity index (χ3v) is 3.65. The number of hydrogen-bond acceptors (Lipinski definition) is 4. The molecule has 1 heterocycles. The second kappa shape index (κ2) is 7.85. The van der Waals surface area contributed by atoms with Gasteiger partial charge < -0.3 is 10.3 Å². The van der Waals surface area contributed by atoms with E-state index in [1.165, 1.54) is 0 Å². The van der Waals surface area contributed by atoms with Gasteiger partial charge in [0.05, 0.1) is 0 Å². The number of nitrogen functional groups attached to an aromatic ring is 1. The smallest absolute Gasteiger partial charge is 0.254 e. The predicted octanol–water partition coefficient (Wildman–Crippen LogP) is 2.57. The van der Waals surface area contributed by atoms with Crippen LogP contribution in [0.2, 0.25) is 0 Å². The van der Waals surface area contributed by atoms with Crippen LogP contribution in [0.25, 0.3) is 0 Å². The van der Waals surface area contributed by atoms with Crippen molar-refractivity contribution in [1.82, 2.24) is 9.88 Å². The Bertz CT molecular complexity index is 443. The van der Waals surface area contributed by atoms with Gasteiger partial charge in [-0.15, -0.1) is 0 Å². The van der Waals surface area contributed by atoms with Crippen LogP contribution in [0.15, 0.2) is 12.1 Å². The van der Waals surface area contributed by atoms with Gasteiger partial charge in [0, 0.05) is 24.3 Å². The summed E-state index contributed by atoms with van der Waals surface area (Å²) >= 11 is 0. The molecule has 112 valence electrons. The fourth-order valence-electron chi connectivity index (χ4n) is 2.26. The van der Waals surface area contributed by atoms with Gasteiger partial charge in [-0.3, -0.25) is 4.79 Å². The summed E-state index contributed by atoms with van der Waals surface area (Å²) in [6.07, 6.45) is 2.18. The minimum atomic E-state index is 0.0430. The van der Waals surface area contributed by atoms with Crippen LogP contribution in [0, 0.1) is 12.8 Å². The Morgan fingerprint density at radius 1 is 1.35 bits per heavy atom. The summed E-state index contributed by atoms with van der Waals surface area (Å²) < 4.78 is 0. The fourth-order valence-corrected chi connectivity index (χ4v) is 2.26. The zero-order valence-corrected chi connectivity index (χ0v) is 12.9. The molecule has 0 saturated heterocycles. The third kappa shape index (κ3) is 4.20. The van der Waals surface area contributed by atoms with Gasteiger partial charge in [0.2, 0.25) is 0 Å². The molecule has 0 aliphatic rings. The third-order valence-electron chi connectivity index (χ3n) is 3.65. The molecule has 5 nitrogen and oxygen atoms in total. The van der Waals surface area contributed by atoms with E-state index >= 15 is 0 Å². The predicted molar refractivity (Wildman–Crippen MR) is 82.4 cm³/mol. The average molecular weight is 278 g/mol. The zero-order valence-electron chi connectivity index (χ0n) is 12.9. The Labute approximate surface area is 121 Å². The molecule has 1 aromatic heterocycles. The SMILES string of the molecule is CCC(CC)CN(CC)C(=O)c1cc(C)nc(NN)c1. The van der Waals surface area contributed by atoms with Gasteiger partial charge in [-0.1, -0.05) is 26.7 Å². The van der Waals surface area contributed by atoms with E-state index in [4.69, 9.17) is 5.84 Å². The molecular weight excluding hydrogens is 252 g/mol. The number of hydrazine groups is 1. The number of nitrogens with two attached hydrogens (primary N) is 1.